The molecule has 0 saturated heterocycles. The van der Waals surface area contributed by atoms with Crippen molar-refractivity contribution in [3.05, 3.63) is 155 Å². The van der Waals surface area contributed by atoms with Crippen molar-refractivity contribution in [1.29, 1.82) is 0 Å². The van der Waals surface area contributed by atoms with Crippen molar-refractivity contribution in [2.45, 2.75) is 34.2 Å². The van der Waals surface area contributed by atoms with Gasteiger partial charge in [0.25, 0.3) is 0 Å². The molecule has 0 nitrogen and oxygen atoms in total. The van der Waals surface area contributed by atoms with Crippen LogP contribution in [0.5, 0.6) is 0 Å². The van der Waals surface area contributed by atoms with Crippen LogP contribution in [0.2, 0.25) is 13.1 Å². The Morgan fingerprint density at radius 1 is 0.477 bits per heavy atom. The number of allylic oxidation sites excluding steroid dienone is 2. The first-order chi connectivity index (χ1) is 21.5. The van der Waals surface area contributed by atoms with Gasteiger partial charge in [-0.2, -0.15) is 0 Å². The third kappa shape index (κ3) is 4.58. The van der Waals surface area contributed by atoms with Gasteiger partial charge in [-0.05, 0) is 0 Å². The molecule has 8 rings (SSSR count). The fraction of sp³-hybridized carbons (Fsp3) is 0.143. The Bertz CT molecular complexity index is 2000. The Morgan fingerprint density at radius 3 is 1.34 bits per heavy atom. The molecule has 0 fully saturated rings. The molecule has 0 aliphatic heterocycles. The molecule has 44 heavy (non-hydrogen) atoms. The van der Waals surface area contributed by atoms with Crippen LogP contribution < -0.4 is 0 Å². The van der Waals surface area contributed by atoms with E-state index in [-0.39, 0.29) is 0 Å². The third-order valence-corrected chi connectivity index (χ3v) is 32.2. The number of fused-ring (bicyclic) bond motifs is 4. The van der Waals surface area contributed by atoms with Gasteiger partial charge in [0.05, 0.1) is 0 Å². The van der Waals surface area contributed by atoms with E-state index >= 15 is 0 Å². The van der Waals surface area contributed by atoms with Crippen LogP contribution in [0.1, 0.15) is 43.4 Å². The van der Waals surface area contributed by atoms with Gasteiger partial charge in [0.15, 0.2) is 0 Å². The van der Waals surface area contributed by atoms with Gasteiger partial charge < -0.3 is 0 Å². The van der Waals surface area contributed by atoms with E-state index in [0.29, 0.717) is 7.25 Å². The van der Waals surface area contributed by atoms with Crippen LogP contribution in [0.4, 0.5) is 0 Å². The zero-order chi connectivity index (χ0) is 29.9. The fourth-order valence-corrected chi connectivity index (χ4v) is 31.3. The Kier molecular flexibility index (Phi) is 7.04. The quantitative estimate of drug-likeness (QED) is 0.161. The third-order valence-electron chi connectivity index (χ3n) is 10.0. The topological polar surface area (TPSA) is 0 Å². The van der Waals surface area contributed by atoms with Gasteiger partial charge in [-0.3, -0.25) is 0 Å². The SMILES string of the molecule is CC1=Cc2c(-c3ccc4ccccc4c3)cccc2[CH]1[Zr]([CH]1C(C)=Cc2c(-c3ccc4ccccc4c3)cccc21)[SiH](C)C. The molecule has 0 radical (unpaired) electrons. The zero-order valence-corrected chi connectivity index (χ0v) is 29.5. The summed E-state index contributed by atoms with van der Waals surface area (Å²) < 4.78 is 1.28. The van der Waals surface area contributed by atoms with Gasteiger partial charge in [0.2, 0.25) is 0 Å². The molecule has 6 aromatic carbocycles. The van der Waals surface area contributed by atoms with Crippen molar-refractivity contribution in [2.24, 2.45) is 0 Å². The van der Waals surface area contributed by atoms with Crippen molar-refractivity contribution >= 4 is 39.6 Å². The molecule has 2 heteroatoms. The van der Waals surface area contributed by atoms with E-state index in [1.165, 1.54) is 54.9 Å². The van der Waals surface area contributed by atoms with E-state index in [0.717, 1.165) is 0 Å². The molecule has 0 heterocycles. The van der Waals surface area contributed by atoms with Crippen LogP contribution in [0, 0.1) is 0 Å². The van der Waals surface area contributed by atoms with Gasteiger partial charge in [-0.15, -0.1) is 0 Å². The Morgan fingerprint density at radius 2 is 0.909 bits per heavy atom. The van der Waals surface area contributed by atoms with E-state index in [2.05, 4.69) is 160 Å². The molecule has 0 N–H and O–H groups in total. The summed E-state index contributed by atoms with van der Waals surface area (Å²) in [6.45, 7) is 10.2. The minimum atomic E-state index is -2.10. The van der Waals surface area contributed by atoms with Crippen LogP contribution in [0.15, 0.2) is 132 Å². The number of hydrogen-bond donors (Lipinski definition) is 0. The molecule has 213 valence electrons. The van der Waals surface area contributed by atoms with Gasteiger partial charge in [-0.1, -0.05) is 0 Å². The molecule has 2 aliphatic carbocycles. The number of rotatable bonds is 5. The van der Waals surface area contributed by atoms with Gasteiger partial charge in [0, 0.05) is 0 Å². The molecule has 2 aliphatic rings. The molecule has 0 spiro atoms. The average Bonchev–Trinajstić information content (AvgIpc) is 3.56. The minimum absolute atomic E-state index is 0.642. The maximum absolute atomic E-state index is 2.66. The molecule has 6 aromatic rings. The van der Waals surface area contributed by atoms with Gasteiger partial charge in [-0.25, -0.2) is 0 Å². The summed E-state index contributed by atoms with van der Waals surface area (Å²) in [5.74, 6) is -0.917. The molecule has 0 bridgehead atoms. The normalized spacial score (nSPS) is 17.1. The van der Waals surface area contributed by atoms with E-state index in [1.54, 1.807) is 22.3 Å². The summed E-state index contributed by atoms with van der Waals surface area (Å²) in [5.41, 5.74) is 14.8. The summed E-state index contributed by atoms with van der Waals surface area (Å²) in [5, 5.41) is 5.24. The second-order valence-electron chi connectivity index (χ2n) is 13.0. The van der Waals surface area contributed by atoms with Crippen LogP contribution in [0.25, 0.3) is 56.0 Å². The molecule has 2 atom stereocenters. The Labute approximate surface area is 270 Å². The van der Waals surface area contributed by atoms with Crippen LogP contribution in [-0.2, 0) is 20.9 Å². The summed E-state index contributed by atoms with van der Waals surface area (Å²) in [6.07, 6.45) is 5.12. The number of benzene rings is 6. The molecular weight excluding hydrogens is 624 g/mol. The second-order valence-corrected chi connectivity index (χ2v) is 33.1. The Balaban J connectivity index is 1.22. The first kappa shape index (κ1) is 27.9. The predicted octanol–water partition coefficient (Wildman–Crippen LogP) is 11.5. The van der Waals surface area contributed by atoms with Crippen molar-refractivity contribution in [1.82, 2.24) is 0 Å². The fourth-order valence-electron chi connectivity index (χ4n) is 8.04. The summed E-state index contributed by atoms with van der Waals surface area (Å²) >= 11 is -2.10. The van der Waals surface area contributed by atoms with Crippen molar-refractivity contribution in [2.75, 3.05) is 0 Å². The van der Waals surface area contributed by atoms with E-state index < -0.39 is 26.8 Å². The van der Waals surface area contributed by atoms with Crippen molar-refractivity contribution < 1.29 is 20.9 Å². The molecule has 2 unspecified atom stereocenters. The van der Waals surface area contributed by atoms with Gasteiger partial charge in [0.1, 0.15) is 0 Å². The van der Waals surface area contributed by atoms with Crippen molar-refractivity contribution in [3.63, 3.8) is 0 Å². The first-order valence-electron chi connectivity index (χ1n) is 15.9. The average molecular weight is 661 g/mol. The molecule has 0 saturated carbocycles. The first-order valence-corrected chi connectivity index (χ1v) is 25.9. The molecule has 0 amide bonds. The second kappa shape index (κ2) is 11.1. The maximum atomic E-state index is 2.66. The van der Waals surface area contributed by atoms with Gasteiger partial charge >= 0.3 is 272 Å². The van der Waals surface area contributed by atoms with Crippen LogP contribution >= 0.6 is 0 Å². The van der Waals surface area contributed by atoms with E-state index in [9.17, 15) is 0 Å². The van der Waals surface area contributed by atoms with Crippen LogP contribution in [0.3, 0.4) is 0 Å². The molecular formula is C42H37SiZr. The summed E-state index contributed by atoms with van der Waals surface area (Å²) in [4.78, 5) is 0. The zero-order valence-electron chi connectivity index (χ0n) is 25.9. The van der Waals surface area contributed by atoms with Crippen LogP contribution in [-0.4, -0.2) is 5.92 Å². The van der Waals surface area contributed by atoms with E-state index in [1.807, 2.05) is 0 Å². The predicted molar refractivity (Wildman–Crippen MR) is 190 cm³/mol. The summed E-state index contributed by atoms with van der Waals surface area (Å²) in [7, 11) is 0. The van der Waals surface area contributed by atoms with E-state index in [4.69, 9.17) is 0 Å². The number of hydrogen-bond acceptors (Lipinski definition) is 0. The molecule has 0 aromatic heterocycles. The monoisotopic (exact) mass is 659 g/mol. The van der Waals surface area contributed by atoms with Crippen molar-refractivity contribution in [3.8, 4) is 22.3 Å². The summed E-state index contributed by atoms with van der Waals surface area (Å²) in [6, 6.07) is 45.7. The standard InChI is InChI=1S/2C20H15.C2H7Si.Zr/c2*1-14-11-17-7-4-8-19(20(17)12-14)18-10-9-15-5-2-3-6-16(15)13-18;1-3-2;/h2*2-13H,1H3;3H,1-2H3;. The Hall–Kier alpha value is -3.58.